The Kier molecular flexibility index (Phi) is 10.2. The highest BCUT2D eigenvalue weighted by molar-refractivity contribution is 6.99. The van der Waals surface area contributed by atoms with Gasteiger partial charge < -0.3 is 28.6 Å². The fourth-order valence-corrected chi connectivity index (χ4v) is 10.7. The number of amides is 1. The molecular weight excluding hydrogens is 584 g/mol. The lowest BCUT2D eigenvalue weighted by Crippen LogP contribution is -2.66. The van der Waals surface area contributed by atoms with E-state index in [0.717, 1.165) is 0 Å². The third-order valence-electron chi connectivity index (χ3n) is 8.28. The van der Waals surface area contributed by atoms with Crippen LogP contribution in [0.5, 0.6) is 17.2 Å². The number of carbonyl (C=O) groups excluding carboxylic acids is 1. The predicted molar refractivity (Wildman–Crippen MR) is 177 cm³/mol. The summed E-state index contributed by atoms with van der Waals surface area (Å²) in [5, 5.41) is 12.4. The van der Waals surface area contributed by atoms with Crippen LogP contribution >= 0.6 is 0 Å². The number of morpholine rings is 1. The van der Waals surface area contributed by atoms with Crippen LogP contribution in [0.4, 0.5) is 0 Å². The summed E-state index contributed by atoms with van der Waals surface area (Å²) in [5.74, 6) is 0.520. The van der Waals surface area contributed by atoms with Crippen molar-refractivity contribution in [2.75, 3.05) is 40.1 Å². The Labute approximate surface area is 266 Å². The lowest BCUT2D eigenvalue weighted by molar-refractivity contribution is -0.0153. The molecule has 0 bridgehead atoms. The van der Waals surface area contributed by atoms with Crippen molar-refractivity contribution in [3.8, 4) is 17.2 Å². The number of hydrogen-bond acceptors (Lipinski definition) is 7. The van der Waals surface area contributed by atoms with E-state index in [-0.39, 0.29) is 35.1 Å². The molecule has 8 nitrogen and oxygen atoms in total. The topological polar surface area (TPSA) is 90.4 Å². The molecule has 45 heavy (non-hydrogen) atoms. The van der Waals surface area contributed by atoms with E-state index in [2.05, 4.69) is 74.3 Å². The smallest absolute Gasteiger partial charge is 0.261 e. The maximum absolute atomic E-state index is 14.1. The van der Waals surface area contributed by atoms with Crippen molar-refractivity contribution >= 4 is 24.6 Å². The molecule has 1 saturated heterocycles. The Bertz CT molecular complexity index is 1520. The van der Waals surface area contributed by atoms with Crippen molar-refractivity contribution in [3.05, 3.63) is 108 Å². The highest BCUT2D eigenvalue weighted by atomic mass is 28.4. The molecule has 1 aliphatic heterocycles. The molecule has 0 saturated carbocycles. The molecule has 3 aromatic carbocycles. The van der Waals surface area contributed by atoms with Crippen LogP contribution in [0.2, 0.25) is 5.04 Å². The van der Waals surface area contributed by atoms with E-state index in [1.807, 2.05) is 18.2 Å². The number of nitrogens with zero attached hydrogens (tertiary/aromatic N) is 2. The molecule has 1 aliphatic rings. The lowest BCUT2D eigenvalue weighted by atomic mass is 10.1. The standard InChI is InChI=1S/C36H42N2O6Si/c1-36(2,3)45(28-13-7-5-8-14-28,29-15-9-6-10-16-29)44-23-20-31-30(17-12-21-37-31)35(40)38-22-24-42-25-27(38)26-43-33-19-11-18-32(39)34(33)41-4/h5-19,21,27,39H,20,22-26H2,1-4H3/t27-/m0/s1. The minimum Gasteiger partial charge on any atom is -0.504 e. The molecule has 9 heteroatoms. The van der Waals surface area contributed by atoms with Crippen molar-refractivity contribution in [3.63, 3.8) is 0 Å². The van der Waals surface area contributed by atoms with Crippen LogP contribution < -0.4 is 19.8 Å². The number of para-hydroxylation sites is 1. The van der Waals surface area contributed by atoms with Gasteiger partial charge in [-0.15, -0.1) is 0 Å². The zero-order chi connectivity index (χ0) is 31.9. The third kappa shape index (κ3) is 6.90. The number of phenols is 1. The van der Waals surface area contributed by atoms with Gasteiger partial charge in [0.15, 0.2) is 11.5 Å². The number of methoxy groups -OCH3 is 1. The van der Waals surface area contributed by atoms with Crippen LogP contribution in [-0.2, 0) is 15.6 Å². The van der Waals surface area contributed by atoms with E-state index in [1.165, 1.54) is 23.5 Å². The van der Waals surface area contributed by atoms with Crippen LogP contribution in [0.25, 0.3) is 0 Å². The first-order chi connectivity index (χ1) is 21.8. The maximum Gasteiger partial charge on any atom is 0.261 e. The summed E-state index contributed by atoms with van der Waals surface area (Å²) in [6, 6.07) is 29.3. The van der Waals surface area contributed by atoms with E-state index in [1.54, 1.807) is 29.3 Å². The molecule has 1 fully saturated rings. The Balaban J connectivity index is 1.36. The summed E-state index contributed by atoms with van der Waals surface area (Å²) in [7, 11) is -1.26. The number of carbonyl (C=O) groups is 1. The number of phenolic OH excluding ortho intramolecular Hbond substituents is 1. The minimum absolute atomic E-state index is 0.0110. The molecule has 0 radical (unpaired) electrons. The van der Waals surface area contributed by atoms with E-state index in [4.69, 9.17) is 18.6 Å². The van der Waals surface area contributed by atoms with Gasteiger partial charge in [-0.3, -0.25) is 9.78 Å². The van der Waals surface area contributed by atoms with Gasteiger partial charge in [-0.25, -0.2) is 0 Å². The second-order valence-electron chi connectivity index (χ2n) is 12.1. The summed E-state index contributed by atoms with van der Waals surface area (Å²) in [5.41, 5.74) is 1.24. The van der Waals surface area contributed by atoms with E-state index < -0.39 is 8.32 Å². The highest BCUT2D eigenvalue weighted by Gasteiger charge is 2.50. The zero-order valence-electron chi connectivity index (χ0n) is 26.4. The Hall–Kier alpha value is -4.18. The Morgan fingerprint density at radius 3 is 2.31 bits per heavy atom. The largest absolute Gasteiger partial charge is 0.504 e. The molecule has 1 aromatic heterocycles. The molecule has 5 rings (SSSR count). The predicted octanol–water partition coefficient (Wildman–Crippen LogP) is 4.83. The number of pyridine rings is 1. The minimum atomic E-state index is -2.73. The molecule has 1 N–H and O–H groups in total. The van der Waals surface area contributed by atoms with E-state index >= 15 is 0 Å². The quantitative estimate of drug-likeness (QED) is 0.239. The van der Waals surface area contributed by atoms with Gasteiger partial charge in [0, 0.05) is 25.8 Å². The Morgan fingerprint density at radius 1 is 0.978 bits per heavy atom. The normalized spacial score (nSPS) is 15.5. The molecule has 1 amide bonds. The van der Waals surface area contributed by atoms with Crippen LogP contribution in [0, 0.1) is 0 Å². The number of benzene rings is 3. The van der Waals surface area contributed by atoms with Gasteiger partial charge in [-0.05, 0) is 39.7 Å². The first-order valence-electron chi connectivity index (χ1n) is 15.3. The SMILES string of the molecule is COc1c(O)cccc1OC[C@@H]1COCCN1C(=O)c1cccnc1CCO[Si](c1ccccc1)(c1ccccc1)C(C)(C)C. The van der Waals surface area contributed by atoms with Gasteiger partial charge >= 0.3 is 0 Å². The first kappa shape index (κ1) is 32.2. The summed E-state index contributed by atoms with van der Waals surface area (Å²) in [6.07, 6.45) is 2.21. The van der Waals surface area contributed by atoms with E-state index in [9.17, 15) is 9.90 Å². The molecule has 0 spiro atoms. The fraction of sp³-hybridized carbons (Fsp3) is 0.333. The molecular formula is C36H42N2O6Si. The van der Waals surface area contributed by atoms with Crippen LogP contribution in [-0.4, -0.2) is 75.3 Å². The van der Waals surface area contributed by atoms with Gasteiger partial charge in [0.25, 0.3) is 14.2 Å². The zero-order valence-corrected chi connectivity index (χ0v) is 27.4. The van der Waals surface area contributed by atoms with Gasteiger partial charge in [0.2, 0.25) is 5.75 Å². The molecule has 236 valence electrons. The summed E-state index contributed by atoms with van der Waals surface area (Å²) in [4.78, 5) is 20.5. The number of aromatic hydroxyl groups is 1. The van der Waals surface area contributed by atoms with Crippen LogP contribution in [0.15, 0.2) is 97.2 Å². The van der Waals surface area contributed by atoms with Crippen molar-refractivity contribution in [1.82, 2.24) is 9.88 Å². The molecule has 0 aliphatic carbocycles. The van der Waals surface area contributed by atoms with Crippen molar-refractivity contribution in [2.45, 2.75) is 38.3 Å². The van der Waals surface area contributed by atoms with Crippen LogP contribution in [0.1, 0.15) is 36.8 Å². The Morgan fingerprint density at radius 2 is 1.67 bits per heavy atom. The number of hydrogen-bond donors (Lipinski definition) is 1. The lowest BCUT2D eigenvalue weighted by Gasteiger charge is -2.43. The van der Waals surface area contributed by atoms with Gasteiger partial charge in [0.1, 0.15) is 6.61 Å². The van der Waals surface area contributed by atoms with Crippen molar-refractivity contribution in [1.29, 1.82) is 0 Å². The summed E-state index contributed by atoms with van der Waals surface area (Å²) in [6.45, 7) is 8.54. The van der Waals surface area contributed by atoms with Gasteiger partial charge in [0.05, 0.1) is 37.6 Å². The second kappa shape index (κ2) is 14.3. The van der Waals surface area contributed by atoms with Crippen LogP contribution in [0.3, 0.4) is 0 Å². The maximum atomic E-state index is 14.1. The van der Waals surface area contributed by atoms with Crippen molar-refractivity contribution < 1.29 is 28.5 Å². The molecule has 2 heterocycles. The number of ether oxygens (including phenoxy) is 3. The molecule has 4 aromatic rings. The molecule has 0 unspecified atom stereocenters. The average molecular weight is 627 g/mol. The van der Waals surface area contributed by atoms with Crippen molar-refractivity contribution in [2.24, 2.45) is 0 Å². The van der Waals surface area contributed by atoms with Gasteiger partial charge in [-0.2, -0.15) is 0 Å². The first-order valence-corrected chi connectivity index (χ1v) is 17.2. The average Bonchev–Trinajstić information content (AvgIpc) is 3.06. The molecule has 1 atom stereocenters. The summed E-state index contributed by atoms with van der Waals surface area (Å²) < 4.78 is 24.2. The number of aromatic nitrogens is 1. The van der Waals surface area contributed by atoms with E-state index in [0.29, 0.717) is 49.8 Å². The highest BCUT2D eigenvalue weighted by Crippen LogP contribution is 2.37. The summed E-state index contributed by atoms with van der Waals surface area (Å²) >= 11 is 0. The number of rotatable bonds is 11. The van der Waals surface area contributed by atoms with Gasteiger partial charge in [-0.1, -0.05) is 87.5 Å². The third-order valence-corrected chi connectivity index (χ3v) is 13.3. The monoisotopic (exact) mass is 626 g/mol. The second-order valence-corrected chi connectivity index (χ2v) is 16.4. The fourth-order valence-electron chi connectivity index (χ4n) is 6.12.